The van der Waals surface area contributed by atoms with Crippen molar-refractivity contribution in [2.45, 2.75) is 384 Å². The summed E-state index contributed by atoms with van der Waals surface area (Å²) in [4.78, 5) is 0. The lowest BCUT2D eigenvalue weighted by atomic mass is 9.70. The van der Waals surface area contributed by atoms with Gasteiger partial charge in [-0.3, -0.25) is 0 Å². The van der Waals surface area contributed by atoms with Crippen molar-refractivity contribution in [3.8, 4) is 0 Å². The van der Waals surface area contributed by atoms with E-state index >= 15 is 0 Å². The average molecular weight is 1120 g/mol. The Morgan fingerprint density at radius 3 is 0.714 bits per heavy atom. The van der Waals surface area contributed by atoms with Crippen LogP contribution in [0.4, 0.5) is 30.7 Å². The quantitative estimate of drug-likeness (QED) is 0.0655. The normalized spacial score (nSPS) is 16.2. The molecule has 0 nitrogen and oxygen atoms in total. The Morgan fingerprint density at radius 2 is 0.545 bits per heavy atom. The van der Waals surface area contributed by atoms with Crippen LogP contribution in [0.1, 0.15) is 345 Å². The molecule has 0 aromatic carbocycles. The third-order valence-electron chi connectivity index (χ3n) is 18.5. The van der Waals surface area contributed by atoms with Crippen LogP contribution in [0, 0.1) is 70.5 Å². The lowest BCUT2D eigenvalue weighted by Gasteiger charge is -2.39. The lowest BCUT2D eigenvalue weighted by molar-refractivity contribution is 0.00461. The second-order valence-corrected chi connectivity index (χ2v) is 27.6. The number of alkyl halides is 7. The number of rotatable bonds is 29. The zero-order valence-corrected chi connectivity index (χ0v) is 59.0. The van der Waals surface area contributed by atoms with Gasteiger partial charge in [-0.15, -0.1) is 0 Å². The number of hydrogen-bond acceptors (Lipinski definition) is 0. The van der Waals surface area contributed by atoms with Crippen molar-refractivity contribution in [1.82, 2.24) is 0 Å². The molecule has 0 aliphatic heterocycles. The number of hydrogen-bond donors (Lipinski definition) is 0. The van der Waals surface area contributed by atoms with E-state index in [1.54, 1.807) is 48.5 Å². The summed E-state index contributed by atoms with van der Waals surface area (Å²) in [7, 11) is 0. The molecule has 0 aromatic heterocycles. The van der Waals surface area contributed by atoms with Gasteiger partial charge in [0, 0.05) is 5.41 Å². The Kier molecular flexibility index (Phi) is 51.7. The van der Waals surface area contributed by atoms with Crippen molar-refractivity contribution in [1.29, 1.82) is 0 Å². The first-order chi connectivity index (χ1) is 34.6. The molecule has 0 amide bonds. The van der Waals surface area contributed by atoms with E-state index in [1.165, 1.54) is 0 Å². The van der Waals surface area contributed by atoms with E-state index in [-0.39, 0.29) is 46.8 Å². The molecule has 0 aliphatic rings. The molecule has 0 bridgehead atoms. The molecular formula is C70H147F7. The predicted octanol–water partition coefficient (Wildman–Crippen LogP) is 26.9. The van der Waals surface area contributed by atoms with Crippen molar-refractivity contribution in [2.75, 3.05) is 0 Å². The topological polar surface area (TPSA) is 0 Å². The van der Waals surface area contributed by atoms with Gasteiger partial charge in [-0.2, -0.15) is 0 Å². The zero-order chi connectivity index (χ0) is 63.4. The highest BCUT2D eigenvalue weighted by Crippen LogP contribution is 2.44. The molecule has 5 atom stereocenters. The van der Waals surface area contributed by atoms with Crippen LogP contribution >= 0.6 is 0 Å². The molecule has 0 spiro atoms. The van der Waals surface area contributed by atoms with E-state index in [0.29, 0.717) is 62.2 Å². The summed E-state index contributed by atoms with van der Waals surface area (Å²) in [5.41, 5.74) is -6.93. The van der Waals surface area contributed by atoms with Gasteiger partial charge in [0.25, 0.3) is 0 Å². The number of halogens is 7. The van der Waals surface area contributed by atoms with Gasteiger partial charge in [0.1, 0.15) is 39.7 Å². The molecule has 0 heterocycles. The smallest absolute Gasteiger partial charge is 0.113 e. The predicted molar refractivity (Wildman–Crippen MR) is 339 cm³/mol. The van der Waals surface area contributed by atoms with Crippen LogP contribution in [0.2, 0.25) is 0 Å². The third kappa shape index (κ3) is 38.1. The van der Waals surface area contributed by atoms with Crippen molar-refractivity contribution < 1.29 is 30.7 Å². The fraction of sp³-hybridized carbons (Fsp3) is 1.00. The fourth-order valence-corrected chi connectivity index (χ4v) is 12.2. The summed E-state index contributed by atoms with van der Waals surface area (Å²) >= 11 is 0. The highest BCUT2D eigenvalue weighted by molar-refractivity contribution is 4.92. The van der Waals surface area contributed by atoms with Crippen LogP contribution < -0.4 is 0 Å². The first-order valence-corrected chi connectivity index (χ1v) is 32.5. The van der Waals surface area contributed by atoms with E-state index < -0.39 is 39.7 Å². The van der Waals surface area contributed by atoms with E-state index in [1.807, 2.05) is 76.2 Å². The molecule has 0 aliphatic carbocycles. The summed E-state index contributed by atoms with van der Waals surface area (Å²) in [6.07, 6.45) is 14.5. The molecule has 0 rings (SSSR count). The molecule has 0 unspecified atom stereocenters. The minimum absolute atomic E-state index is 0.123. The summed E-state index contributed by atoms with van der Waals surface area (Å²) in [5, 5.41) is 0. The fourth-order valence-electron chi connectivity index (χ4n) is 12.2. The van der Waals surface area contributed by atoms with Crippen LogP contribution in [-0.2, 0) is 0 Å². The second-order valence-electron chi connectivity index (χ2n) is 27.6. The second kappa shape index (κ2) is 44.1. The maximum Gasteiger partial charge on any atom is 0.113 e. The van der Waals surface area contributed by atoms with Gasteiger partial charge in [0.15, 0.2) is 0 Å². The van der Waals surface area contributed by atoms with Crippen LogP contribution in [0.15, 0.2) is 0 Å². The van der Waals surface area contributed by atoms with Gasteiger partial charge in [-0.05, 0) is 165 Å². The van der Waals surface area contributed by atoms with E-state index in [0.717, 1.165) is 70.6 Å². The largest absolute Gasteiger partial charge is 0.244 e. The molecule has 0 radical (unpaired) electrons. The van der Waals surface area contributed by atoms with E-state index in [2.05, 4.69) is 111 Å². The molecule has 476 valence electrons. The maximum atomic E-state index is 14.3. The molecule has 0 aromatic rings. The minimum Gasteiger partial charge on any atom is -0.244 e. The minimum atomic E-state index is -1.00. The molecule has 0 fully saturated rings. The SMILES string of the molecule is CC(C)C(C)(F)C(C)C.CCC(CC)[C@@](C)(F)C(C)C.CCCC(C)(F)CCC.CCC[C@](C)(F)C(C(C)C)C(C)C.CCC[C@](C)(F)C(C)(CC)CC.CCC[C@](C)(F)C(CC)CC.CC[C@](C)(F)C(C(C)C)C(C)C. The first kappa shape index (κ1) is 90.3. The summed E-state index contributed by atoms with van der Waals surface area (Å²) in [6, 6.07) is 0. The molecular weight excluding hydrogens is 974 g/mol. The molecule has 0 N–H and O–H groups in total. The van der Waals surface area contributed by atoms with Crippen molar-refractivity contribution in [3.63, 3.8) is 0 Å². The van der Waals surface area contributed by atoms with Gasteiger partial charge < -0.3 is 0 Å². The average Bonchev–Trinajstić information content (AvgIpc) is 3.27. The van der Waals surface area contributed by atoms with Crippen molar-refractivity contribution in [2.24, 2.45) is 70.5 Å². The van der Waals surface area contributed by atoms with E-state index in [4.69, 9.17) is 0 Å². The summed E-state index contributed by atoms with van der Waals surface area (Å²) in [6.45, 7) is 67.2. The first-order valence-electron chi connectivity index (χ1n) is 32.5. The molecule has 77 heavy (non-hydrogen) atoms. The Balaban J connectivity index is -0.000000149. The van der Waals surface area contributed by atoms with Gasteiger partial charge in [0.2, 0.25) is 0 Å². The third-order valence-corrected chi connectivity index (χ3v) is 18.5. The highest BCUT2D eigenvalue weighted by atomic mass is 19.2. The summed E-state index contributed by atoms with van der Waals surface area (Å²) < 4.78 is 96.4. The van der Waals surface area contributed by atoms with Crippen LogP contribution in [0.25, 0.3) is 0 Å². The van der Waals surface area contributed by atoms with Crippen molar-refractivity contribution >= 4 is 0 Å². The summed E-state index contributed by atoms with van der Waals surface area (Å²) in [5.74, 6) is 2.95. The molecule has 7 heteroatoms. The monoisotopic (exact) mass is 1120 g/mol. The van der Waals surface area contributed by atoms with Gasteiger partial charge in [-0.25, -0.2) is 30.7 Å². The van der Waals surface area contributed by atoms with Crippen LogP contribution in [0.3, 0.4) is 0 Å². The Hall–Kier alpha value is -0.490. The standard InChI is InChI=1S/C12H25F.2C11H23F.2C10H21F.2C8H17F/c1-7-8-12(6,13)11(9(2)3)10(4)5;1-7-11(6,12)10(8(2)3)9(4)5;1-6-9-11(5,12)10(4,7-2)8-3;1-6-9(7-2)10(5,11)8(3)4;1-5-8-10(4,11)9(6-2)7-3;1-6(2)8(5,9)7(3)4;1-4-6-8(3,9)7-5-2/h9-11H,7-8H2,1-6H3;8-10H,7H2,1-6H3;6-9H2,1-5H3;8-9H,6-7H2,1-5H3;9H,5-8H2,1-4H3;6-7H,1-5H3;4-7H2,1-3H3/t12-;2*11-;2*10-;;/m00000../s1. The van der Waals surface area contributed by atoms with E-state index in [9.17, 15) is 30.7 Å². The molecule has 0 saturated carbocycles. The van der Waals surface area contributed by atoms with Gasteiger partial charge in [0.05, 0.1) is 0 Å². The van der Waals surface area contributed by atoms with Crippen LogP contribution in [-0.4, -0.2) is 39.7 Å². The maximum absolute atomic E-state index is 14.3. The highest BCUT2D eigenvalue weighted by Gasteiger charge is 2.42. The van der Waals surface area contributed by atoms with Gasteiger partial charge in [-0.1, -0.05) is 245 Å². The van der Waals surface area contributed by atoms with Gasteiger partial charge >= 0.3 is 0 Å². The van der Waals surface area contributed by atoms with Crippen molar-refractivity contribution in [3.05, 3.63) is 0 Å². The lowest BCUT2D eigenvalue weighted by Crippen LogP contribution is -2.39. The van der Waals surface area contributed by atoms with Crippen LogP contribution in [0.5, 0.6) is 0 Å². The molecule has 0 saturated heterocycles. The Morgan fingerprint density at radius 1 is 0.286 bits per heavy atom. The Bertz CT molecular complexity index is 1240. The zero-order valence-electron chi connectivity index (χ0n) is 59.0. The Labute approximate surface area is 483 Å².